The molecule has 2 rings (SSSR count). The Morgan fingerprint density at radius 3 is 2.71 bits per heavy atom. The van der Waals surface area contributed by atoms with Crippen molar-refractivity contribution in [1.29, 1.82) is 0 Å². The van der Waals surface area contributed by atoms with Crippen LogP contribution in [0.15, 0.2) is 54.9 Å². The zero-order chi connectivity index (χ0) is 12.1. The fourth-order valence-electron chi connectivity index (χ4n) is 1.69. The molecule has 2 aromatic rings. The predicted octanol–water partition coefficient (Wildman–Crippen LogP) is 3.74. The van der Waals surface area contributed by atoms with E-state index in [1.165, 1.54) is 5.56 Å². The van der Waals surface area contributed by atoms with E-state index in [1.807, 2.05) is 49.7 Å². The Morgan fingerprint density at radius 1 is 1.24 bits per heavy atom. The van der Waals surface area contributed by atoms with Gasteiger partial charge in [-0.05, 0) is 37.6 Å². The molecule has 0 saturated heterocycles. The van der Waals surface area contributed by atoms with Gasteiger partial charge in [-0.2, -0.15) is 0 Å². The van der Waals surface area contributed by atoms with Crippen molar-refractivity contribution in [2.45, 2.75) is 13.8 Å². The first-order chi connectivity index (χ1) is 8.31. The van der Waals surface area contributed by atoms with E-state index in [0.717, 1.165) is 11.4 Å². The van der Waals surface area contributed by atoms with Gasteiger partial charge in [-0.1, -0.05) is 18.2 Å². The predicted molar refractivity (Wildman–Crippen MR) is 70.8 cm³/mol. The zero-order valence-corrected chi connectivity index (χ0v) is 10.3. The van der Waals surface area contributed by atoms with Gasteiger partial charge in [0.15, 0.2) is 0 Å². The van der Waals surface area contributed by atoms with Crippen molar-refractivity contribution < 1.29 is 4.74 Å². The van der Waals surface area contributed by atoms with Gasteiger partial charge in [-0.25, -0.2) is 0 Å². The lowest BCUT2D eigenvalue weighted by Crippen LogP contribution is -1.97. The Labute approximate surface area is 102 Å². The largest absolute Gasteiger partial charge is 0.489 e. The molecule has 0 radical (unpaired) electrons. The van der Waals surface area contributed by atoms with Gasteiger partial charge in [0.2, 0.25) is 0 Å². The number of rotatable bonds is 4. The second-order valence-corrected chi connectivity index (χ2v) is 3.92. The van der Waals surface area contributed by atoms with E-state index in [2.05, 4.69) is 23.6 Å². The minimum Gasteiger partial charge on any atom is -0.489 e. The maximum atomic E-state index is 5.64. The summed E-state index contributed by atoms with van der Waals surface area (Å²) in [6.45, 7) is 4.71. The highest BCUT2D eigenvalue weighted by atomic mass is 16.5. The molecule has 0 aliphatic carbocycles. The van der Waals surface area contributed by atoms with Crippen molar-refractivity contribution in [3.63, 3.8) is 0 Å². The fraction of sp³-hybridized carbons (Fsp3) is 0.200. The summed E-state index contributed by atoms with van der Waals surface area (Å²) in [5.41, 5.74) is 2.40. The average molecular weight is 227 g/mol. The quantitative estimate of drug-likeness (QED) is 0.726. The lowest BCUT2D eigenvalue weighted by Gasteiger charge is -2.10. The number of ether oxygens (including phenoxy) is 1. The van der Waals surface area contributed by atoms with Crippen LogP contribution < -0.4 is 4.74 Å². The van der Waals surface area contributed by atoms with Gasteiger partial charge in [-0.3, -0.25) is 0 Å². The number of aryl methyl sites for hydroxylation is 1. The number of benzene rings is 1. The van der Waals surface area contributed by atoms with Crippen LogP contribution in [0.2, 0.25) is 0 Å². The van der Waals surface area contributed by atoms with Gasteiger partial charge in [-0.15, -0.1) is 0 Å². The highest BCUT2D eigenvalue weighted by Gasteiger charge is 2.02. The van der Waals surface area contributed by atoms with E-state index in [9.17, 15) is 0 Å². The van der Waals surface area contributed by atoms with Crippen molar-refractivity contribution in [2.24, 2.45) is 0 Å². The molecule has 0 unspecified atom stereocenters. The summed E-state index contributed by atoms with van der Waals surface area (Å²) < 4.78 is 7.74. The molecule has 0 fully saturated rings. The Balaban J connectivity index is 2.24. The van der Waals surface area contributed by atoms with Crippen molar-refractivity contribution in [3.8, 4) is 11.4 Å². The molecular weight excluding hydrogens is 210 g/mol. The standard InChI is InChI=1S/C15H17NO/c1-3-4-11-17-14-8-7-13(2)15(12-14)16-9-5-6-10-16/h3-10,12H,11H2,1-2H3. The van der Waals surface area contributed by atoms with Gasteiger partial charge < -0.3 is 9.30 Å². The van der Waals surface area contributed by atoms with Crippen molar-refractivity contribution >= 4 is 0 Å². The summed E-state index contributed by atoms with van der Waals surface area (Å²) >= 11 is 0. The van der Waals surface area contributed by atoms with Crippen LogP contribution in [-0.4, -0.2) is 11.2 Å². The summed E-state index contributed by atoms with van der Waals surface area (Å²) in [7, 11) is 0. The maximum Gasteiger partial charge on any atom is 0.121 e. The highest BCUT2D eigenvalue weighted by Crippen LogP contribution is 2.21. The number of aromatic nitrogens is 1. The minimum absolute atomic E-state index is 0.616. The normalized spacial score (nSPS) is 10.9. The van der Waals surface area contributed by atoms with Crippen LogP contribution in [0.4, 0.5) is 0 Å². The first-order valence-electron chi connectivity index (χ1n) is 5.79. The maximum absolute atomic E-state index is 5.64. The third kappa shape index (κ3) is 2.78. The zero-order valence-electron chi connectivity index (χ0n) is 10.3. The smallest absolute Gasteiger partial charge is 0.121 e. The van der Waals surface area contributed by atoms with Gasteiger partial charge in [0, 0.05) is 18.5 Å². The van der Waals surface area contributed by atoms with E-state index in [1.54, 1.807) is 0 Å². The van der Waals surface area contributed by atoms with E-state index in [0.29, 0.717) is 6.61 Å². The van der Waals surface area contributed by atoms with E-state index in [-0.39, 0.29) is 0 Å². The summed E-state index contributed by atoms with van der Waals surface area (Å²) in [4.78, 5) is 0. The number of allylic oxidation sites excluding steroid dienone is 1. The Morgan fingerprint density at radius 2 is 2.00 bits per heavy atom. The average Bonchev–Trinajstić information content (AvgIpc) is 2.85. The Bertz CT molecular complexity index is 498. The molecule has 0 aliphatic heterocycles. The van der Waals surface area contributed by atoms with Gasteiger partial charge in [0.1, 0.15) is 12.4 Å². The van der Waals surface area contributed by atoms with E-state index < -0.39 is 0 Å². The van der Waals surface area contributed by atoms with Crippen molar-refractivity contribution in [3.05, 3.63) is 60.4 Å². The molecule has 0 atom stereocenters. The minimum atomic E-state index is 0.616. The number of hydrogen-bond donors (Lipinski definition) is 0. The SMILES string of the molecule is CC=CCOc1ccc(C)c(-n2cccc2)c1. The third-order valence-electron chi connectivity index (χ3n) is 2.65. The summed E-state index contributed by atoms with van der Waals surface area (Å²) in [6.07, 6.45) is 8.06. The molecule has 2 nitrogen and oxygen atoms in total. The van der Waals surface area contributed by atoms with Gasteiger partial charge >= 0.3 is 0 Å². The molecule has 1 aromatic heterocycles. The van der Waals surface area contributed by atoms with Crippen LogP contribution in [0.5, 0.6) is 5.75 Å². The first-order valence-corrected chi connectivity index (χ1v) is 5.79. The summed E-state index contributed by atoms with van der Waals surface area (Å²) in [5, 5.41) is 0. The molecule has 17 heavy (non-hydrogen) atoms. The van der Waals surface area contributed by atoms with Crippen molar-refractivity contribution in [1.82, 2.24) is 4.57 Å². The molecule has 0 aliphatic rings. The molecule has 0 bridgehead atoms. The molecule has 0 N–H and O–H groups in total. The third-order valence-corrected chi connectivity index (χ3v) is 2.65. The molecule has 2 heteroatoms. The van der Waals surface area contributed by atoms with Crippen LogP contribution in [-0.2, 0) is 0 Å². The molecule has 0 saturated carbocycles. The molecule has 88 valence electrons. The lowest BCUT2D eigenvalue weighted by molar-refractivity contribution is 0.362. The van der Waals surface area contributed by atoms with Crippen LogP contribution in [0.25, 0.3) is 5.69 Å². The van der Waals surface area contributed by atoms with E-state index >= 15 is 0 Å². The van der Waals surface area contributed by atoms with Crippen LogP contribution in [0.3, 0.4) is 0 Å². The Kier molecular flexibility index (Phi) is 3.66. The Hall–Kier alpha value is -1.96. The van der Waals surface area contributed by atoms with Crippen LogP contribution in [0, 0.1) is 6.92 Å². The van der Waals surface area contributed by atoms with Crippen LogP contribution >= 0.6 is 0 Å². The summed E-state index contributed by atoms with van der Waals surface area (Å²) in [6, 6.07) is 10.2. The molecule has 0 spiro atoms. The second kappa shape index (κ2) is 5.39. The fourth-order valence-corrected chi connectivity index (χ4v) is 1.69. The molecule has 1 heterocycles. The van der Waals surface area contributed by atoms with Gasteiger partial charge in [0.05, 0.1) is 5.69 Å². The monoisotopic (exact) mass is 227 g/mol. The van der Waals surface area contributed by atoms with Gasteiger partial charge in [0.25, 0.3) is 0 Å². The first kappa shape index (κ1) is 11.5. The lowest BCUT2D eigenvalue weighted by atomic mass is 10.2. The van der Waals surface area contributed by atoms with Crippen LogP contribution in [0.1, 0.15) is 12.5 Å². The van der Waals surface area contributed by atoms with E-state index in [4.69, 9.17) is 4.74 Å². The molecule has 1 aromatic carbocycles. The molecule has 0 amide bonds. The van der Waals surface area contributed by atoms with Crippen molar-refractivity contribution in [2.75, 3.05) is 6.61 Å². The second-order valence-electron chi connectivity index (χ2n) is 3.92. The number of hydrogen-bond acceptors (Lipinski definition) is 1. The highest BCUT2D eigenvalue weighted by molar-refractivity contribution is 5.46. The molecular formula is C15H17NO. The number of nitrogens with zero attached hydrogens (tertiary/aromatic N) is 1. The topological polar surface area (TPSA) is 14.2 Å². The summed E-state index contributed by atoms with van der Waals surface area (Å²) in [5.74, 6) is 0.900.